The molecule has 0 spiro atoms. The fourth-order valence-corrected chi connectivity index (χ4v) is 2.68. The molecule has 0 atom stereocenters. The normalized spacial score (nSPS) is 10.4. The minimum Gasteiger partial charge on any atom is -0.495 e. The molecule has 0 unspecified atom stereocenters. The van der Waals surface area contributed by atoms with Gasteiger partial charge in [0.25, 0.3) is 0 Å². The lowest BCUT2D eigenvalue weighted by atomic mass is 10.2. The molecule has 140 valence electrons. The van der Waals surface area contributed by atoms with Crippen molar-refractivity contribution in [1.82, 2.24) is 9.97 Å². The van der Waals surface area contributed by atoms with Gasteiger partial charge in [-0.25, -0.2) is 14.4 Å². The van der Waals surface area contributed by atoms with Crippen molar-refractivity contribution in [3.05, 3.63) is 65.2 Å². The van der Waals surface area contributed by atoms with Gasteiger partial charge in [0, 0.05) is 30.3 Å². The third-order valence-corrected chi connectivity index (χ3v) is 4.12. The van der Waals surface area contributed by atoms with E-state index >= 15 is 0 Å². The summed E-state index contributed by atoms with van der Waals surface area (Å²) in [5.41, 5.74) is 1.19. The van der Waals surface area contributed by atoms with Gasteiger partial charge in [-0.1, -0.05) is 29.8 Å². The summed E-state index contributed by atoms with van der Waals surface area (Å²) in [6.07, 6.45) is 1.41. The molecule has 3 aromatic rings. The maximum absolute atomic E-state index is 13.7. The Balaban J connectivity index is 1.77. The summed E-state index contributed by atoms with van der Waals surface area (Å²) < 4.78 is 24.3. The van der Waals surface area contributed by atoms with E-state index in [0.29, 0.717) is 46.0 Å². The van der Waals surface area contributed by atoms with Gasteiger partial charge in [-0.05, 0) is 6.07 Å². The second kappa shape index (κ2) is 8.55. The van der Waals surface area contributed by atoms with Gasteiger partial charge in [-0.15, -0.1) is 0 Å². The molecule has 0 bridgehead atoms. The highest BCUT2D eigenvalue weighted by molar-refractivity contribution is 6.32. The first kappa shape index (κ1) is 18.7. The standard InChI is InChI=1S/C19H18ClFN4O2/c1-26-16-8-15(17(27-2)7-13(16)20)25-19-9-18(23-11-24-19)22-10-12-5-3-4-6-14(12)21/h3-9,11H,10H2,1-2H3,(H2,22,23,24,25). The Labute approximate surface area is 161 Å². The maximum Gasteiger partial charge on any atom is 0.144 e. The molecule has 1 heterocycles. The predicted molar refractivity (Wildman–Crippen MR) is 104 cm³/mol. The van der Waals surface area contributed by atoms with E-state index in [2.05, 4.69) is 20.6 Å². The summed E-state index contributed by atoms with van der Waals surface area (Å²) in [6.45, 7) is 0.307. The first-order valence-electron chi connectivity index (χ1n) is 8.08. The van der Waals surface area contributed by atoms with E-state index in [4.69, 9.17) is 21.1 Å². The fraction of sp³-hybridized carbons (Fsp3) is 0.158. The van der Waals surface area contributed by atoms with Crippen LogP contribution in [0, 0.1) is 5.82 Å². The highest BCUT2D eigenvalue weighted by Crippen LogP contribution is 2.37. The summed E-state index contributed by atoms with van der Waals surface area (Å²) >= 11 is 6.12. The molecule has 0 aliphatic rings. The maximum atomic E-state index is 13.7. The number of aromatic nitrogens is 2. The van der Waals surface area contributed by atoms with E-state index in [1.807, 2.05) is 0 Å². The number of halogens is 2. The fourth-order valence-electron chi connectivity index (χ4n) is 2.45. The van der Waals surface area contributed by atoms with Crippen molar-refractivity contribution < 1.29 is 13.9 Å². The zero-order chi connectivity index (χ0) is 19.2. The van der Waals surface area contributed by atoms with Crippen LogP contribution in [0.3, 0.4) is 0 Å². The lowest BCUT2D eigenvalue weighted by molar-refractivity contribution is 0.405. The van der Waals surface area contributed by atoms with E-state index in [0.717, 1.165) is 0 Å². The smallest absolute Gasteiger partial charge is 0.144 e. The zero-order valence-electron chi connectivity index (χ0n) is 14.8. The van der Waals surface area contributed by atoms with Crippen LogP contribution < -0.4 is 20.1 Å². The van der Waals surface area contributed by atoms with Crippen molar-refractivity contribution in [2.45, 2.75) is 6.54 Å². The molecular formula is C19H18ClFN4O2. The largest absolute Gasteiger partial charge is 0.495 e. The van der Waals surface area contributed by atoms with Gasteiger partial charge < -0.3 is 20.1 Å². The van der Waals surface area contributed by atoms with Crippen molar-refractivity contribution in [3.8, 4) is 11.5 Å². The van der Waals surface area contributed by atoms with Crippen LogP contribution in [0.2, 0.25) is 5.02 Å². The van der Waals surface area contributed by atoms with Crippen molar-refractivity contribution in [2.75, 3.05) is 24.9 Å². The van der Waals surface area contributed by atoms with Crippen LogP contribution in [0.1, 0.15) is 5.56 Å². The number of rotatable bonds is 7. The molecular weight excluding hydrogens is 371 g/mol. The summed E-state index contributed by atoms with van der Waals surface area (Å²) in [4.78, 5) is 8.35. The van der Waals surface area contributed by atoms with Crippen molar-refractivity contribution in [1.29, 1.82) is 0 Å². The Kier molecular flexibility index (Phi) is 5.93. The zero-order valence-corrected chi connectivity index (χ0v) is 15.5. The molecule has 27 heavy (non-hydrogen) atoms. The summed E-state index contributed by atoms with van der Waals surface area (Å²) in [5.74, 6) is 1.86. The third kappa shape index (κ3) is 4.57. The van der Waals surface area contributed by atoms with Crippen LogP contribution in [0.15, 0.2) is 48.8 Å². The number of ether oxygens (including phenoxy) is 2. The molecule has 2 aromatic carbocycles. The Morgan fingerprint density at radius 3 is 2.48 bits per heavy atom. The molecule has 2 N–H and O–H groups in total. The van der Waals surface area contributed by atoms with Gasteiger partial charge in [0.1, 0.15) is 35.3 Å². The van der Waals surface area contributed by atoms with Gasteiger partial charge in [0.2, 0.25) is 0 Å². The Morgan fingerprint density at radius 1 is 1.00 bits per heavy atom. The molecule has 0 radical (unpaired) electrons. The van der Waals surface area contributed by atoms with E-state index in [9.17, 15) is 4.39 Å². The van der Waals surface area contributed by atoms with Crippen molar-refractivity contribution in [3.63, 3.8) is 0 Å². The minimum atomic E-state index is -0.268. The summed E-state index contributed by atoms with van der Waals surface area (Å²) in [7, 11) is 3.08. The number of methoxy groups -OCH3 is 2. The lowest BCUT2D eigenvalue weighted by Gasteiger charge is -2.14. The molecule has 0 saturated carbocycles. The molecule has 0 saturated heterocycles. The topological polar surface area (TPSA) is 68.3 Å². The van der Waals surface area contributed by atoms with Gasteiger partial charge in [0.05, 0.1) is 24.9 Å². The average molecular weight is 389 g/mol. The number of nitrogens with one attached hydrogen (secondary N) is 2. The number of hydrogen-bond acceptors (Lipinski definition) is 6. The highest BCUT2D eigenvalue weighted by Gasteiger charge is 2.11. The molecule has 0 fully saturated rings. The van der Waals surface area contributed by atoms with Crippen LogP contribution in [-0.2, 0) is 6.54 Å². The van der Waals surface area contributed by atoms with Gasteiger partial charge in [0.15, 0.2) is 0 Å². The molecule has 0 aliphatic carbocycles. The monoisotopic (exact) mass is 388 g/mol. The lowest BCUT2D eigenvalue weighted by Crippen LogP contribution is -2.05. The van der Waals surface area contributed by atoms with Gasteiger partial charge >= 0.3 is 0 Å². The van der Waals surface area contributed by atoms with Crippen LogP contribution in [-0.4, -0.2) is 24.2 Å². The molecule has 8 heteroatoms. The van der Waals surface area contributed by atoms with Crippen LogP contribution in [0.25, 0.3) is 0 Å². The van der Waals surface area contributed by atoms with Gasteiger partial charge in [-0.2, -0.15) is 0 Å². The van der Waals surface area contributed by atoms with Crippen LogP contribution >= 0.6 is 11.6 Å². The Morgan fingerprint density at radius 2 is 1.74 bits per heavy atom. The minimum absolute atomic E-state index is 0.268. The number of benzene rings is 2. The second-order valence-electron chi connectivity index (χ2n) is 5.55. The van der Waals surface area contributed by atoms with E-state index in [-0.39, 0.29) is 5.82 Å². The molecule has 1 aromatic heterocycles. The van der Waals surface area contributed by atoms with Crippen LogP contribution in [0.5, 0.6) is 11.5 Å². The molecule has 6 nitrogen and oxygen atoms in total. The highest BCUT2D eigenvalue weighted by atomic mass is 35.5. The average Bonchev–Trinajstić information content (AvgIpc) is 2.68. The van der Waals surface area contributed by atoms with Crippen molar-refractivity contribution >= 4 is 28.9 Å². The molecule has 0 amide bonds. The van der Waals surface area contributed by atoms with Crippen LogP contribution in [0.4, 0.5) is 21.7 Å². The summed E-state index contributed by atoms with van der Waals surface area (Å²) in [5, 5.41) is 6.67. The van der Waals surface area contributed by atoms with E-state index in [1.54, 1.807) is 43.5 Å². The predicted octanol–water partition coefficient (Wildman–Crippen LogP) is 4.64. The Bertz CT molecular complexity index is 939. The SMILES string of the molecule is COc1cc(Nc2cc(NCc3ccccc3F)ncn2)c(OC)cc1Cl. The first-order chi connectivity index (χ1) is 13.1. The Hall–Kier alpha value is -3.06. The first-order valence-corrected chi connectivity index (χ1v) is 8.46. The number of nitrogens with zero attached hydrogens (tertiary/aromatic N) is 2. The second-order valence-corrected chi connectivity index (χ2v) is 5.95. The molecule has 3 rings (SSSR count). The number of hydrogen-bond donors (Lipinski definition) is 2. The quantitative estimate of drug-likeness (QED) is 0.614. The summed E-state index contributed by atoms with van der Waals surface area (Å²) in [6, 6.07) is 11.7. The van der Waals surface area contributed by atoms with E-state index < -0.39 is 0 Å². The number of anilines is 3. The van der Waals surface area contributed by atoms with Crippen molar-refractivity contribution in [2.24, 2.45) is 0 Å². The van der Waals surface area contributed by atoms with E-state index in [1.165, 1.54) is 19.5 Å². The van der Waals surface area contributed by atoms with Gasteiger partial charge in [-0.3, -0.25) is 0 Å². The third-order valence-electron chi connectivity index (χ3n) is 3.82. The molecule has 0 aliphatic heterocycles.